The molecule has 4 aliphatic heterocycles. The zero-order chi connectivity index (χ0) is 52.5. The Hall–Kier alpha value is -2.00. The number of fused-ring (bicyclic) bond motifs is 4. The third kappa shape index (κ3) is 8.37. The van der Waals surface area contributed by atoms with Crippen LogP contribution in [0.2, 0.25) is 0 Å². The molecule has 4 saturated heterocycles. The maximum atomic E-state index is 12.2. The number of hydrogen-bond donors (Lipinski definition) is 11. The second-order valence-electron chi connectivity index (χ2n) is 24.9. The smallest absolute Gasteiger partial charge is 0.317 e. The standard InChI is InChI=1S/C51H80O21/c1-23-33(57)35(59)39(63)43(68-23)72-41-25(20-66-42-38(62)36(60)34(58)24(69-42)19-65-32(56)16-31(54)55)70-44(40(64)37(41)61)71-30-10-11-46(4)26(47(30,5)21-52)8-12-48(6)27(46)9-13-51-28-17-45(2,3)14-15-50(28,22-67-51)29(53)18-49(48,51)7/h9,13,23-30,33-44,52-53,57-64H,8,10-12,14-22H2,1-7H3,(H,54,55)/t23-,24+,25+,26+,27+,28+,29-,30-,33-,34+,35+,36-,37+,38+,39+,40+,41+,42+,43-,44-,46-,47-,48+,49-,50?,51?/m0/s1. The number of carbonyl (C=O) groups excluding carboxylic acids is 1. The summed E-state index contributed by atoms with van der Waals surface area (Å²) < 4.78 is 48.4. The lowest BCUT2D eigenvalue weighted by Crippen LogP contribution is -2.72. The van der Waals surface area contributed by atoms with E-state index in [1.165, 1.54) is 6.92 Å². The first-order valence-corrected chi connectivity index (χ1v) is 26.0. The molecule has 21 nitrogen and oxygen atoms in total. The summed E-state index contributed by atoms with van der Waals surface area (Å²) in [5.41, 5.74) is -2.66. The number of rotatable bonds is 12. The number of aliphatic carboxylic acids is 1. The fraction of sp³-hybridized carbons (Fsp3) is 0.922. The molecule has 0 aromatic heterocycles. The number of esters is 1. The quantitative estimate of drug-likeness (QED) is 0.0514. The Bertz CT molecular complexity index is 2040. The molecule has 0 aromatic carbocycles. The van der Waals surface area contributed by atoms with Gasteiger partial charge in [-0.15, -0.1) is 0 Å². The molecular formula is C51H80O21. The van der Waals surface area contributed by atoms with E-state index >= 15 is 0 Å². The van der Waals surface area contributed by atoms with Gasteiger partial charge in [0.25, 0.3) is 0 Å². The molecule has 9 rings (SSSR count). The molecule has 410 valence electrons. The first-order chi connectivity index (χ1) is 33.6. The van der Waals surface area contributed by atoms with Crippen LogP contribution in [-0.4, -0.2) is 204 Å². The molecule has 2 bridgehead atoms. The van der Waals surface area contributed by atoms with Crippen molar-refractivity contribution in [1.82, 2.24) is 0 Å². The minimum absolute atomic E-state index is 0.0394. The summed E-state index contributed by atoms with van der Waals surface area (Å²) in [5, 5.41) is 121. The van der Waals surface area contributed by atoms with E-state index in [2.05, 4.69) is 46.8 Å². The van der Waals surface area contributed by atoms with Crippen molar-refractivity contribution in [3.63, 3.8) is 0 Å². The largest absolute Gasteiger partial charge is 0.481 e. The molecule has 4 saturated carbocycles. The van der Waals surface area contributed by atoms with Gasteiger partial charge in [0.1, 0.15) is 80.2 Å². The van der Waals surface area contributed by atoms with Crippen molar-refractivity contribution in [2.45, 2.75) is 216 Å². The van der Waals surface area contributed by atoms with Gasteiger partial charge in [-0.05, 0) is 86.4 Å². The Kier molecular flexibility index (Phi) is 14.6. The van der Waals surface area contributed by atoms with Crippen LogP contribution >= 0.6 is 0 Å². The lowest BCUT2D eigenvalue weighted by atomic mass is 9.32. The van der Waals surface area contributed by atoms with Gasteiger partial charge in [0, 0.05) is 22.2 Å². The summed E-state index contributed by atoms with van der Waals surface area (Å²) in [6, 6.07) is 0. The summed E-state index contributed by atoms with van der Waals surface area (Å²) in [5.74, 6) is -2.53. The average molecular weight is 1030 g/mol. The van der Waals surface area contributed by atoms with E-state index in [4.69, 9.17) is 43.0 Å². The lowest BCUT2D eigenvalue weighted by molar-refractivity contribution is -0.375. The molecule has 72 heavy (non-hydrogen) atoms. The average Bonchev–Trinajstić information content (AvgIpc) is 3.60. The normalized spacial score (nSPS) is 54.7. The maximum absolute atomic E-state index is 12.2. The third-order valence-corrected chi connectivity index (χ3v) is 20.5. The van der Waals surface area contributed by atoms with Crippen LogP contribution < -0.4 is 0 Å². The number of allylic oxidation sites excluding steroid dienone is 1. The van der Waals surface area contributed by atoms with Crippen molar-refractivity contribution in [3.05, 3.63) is 12.2 Å². The molecule has 4 heterocycles. The van der Waals surface area contributed by atoms with Crippen molar-refractivity contribution >= 4 is 11.9 Å². The second kappa shape index (κ2) is 19.2. The van der Waals surface area contributed by atoms with E-state index in [0.29, 0.717) is 32.3 Å². The van der Waals surface area contributed by atoms with Gasteiger partial charge in [-0.25, -0.2) is 0 Å². The number of aliphatic hydroxyl groups is 10. The van der Waals surface area contributed by atoms with Crippen LogP contribution in [0.1, 0.15) is 106 Å². The molecular weight excluding hydrogens is 949 g/mol. The highest BCUT2D eigenvalue weighted by molar-refractivity contribution is 5.90. The molecule has 2 unspecified atom stereocenters. The summed E-state index contributed by atoms with van der Waals surface area (Å²) in [7, 11) is 0. The van der Waals surface area contributed by atoms with Gasteiger partial charge in [0.05, 0.1) is 43.7 Å². The van der Waals surface area contributed by atoms with Crippen molar-refractivity contribution < 1.29 is 104 Å². The molecule has 26 atom stereocenters. The number of ether oxygens (including phenoxy) is 8. The topological polar surface area (TPSA) is 331 Å². The Morgan fingerprint density at radius 3 is 2.03 bits per heavy atom. The SMILES string of the molecule is C[C@@H]1O[C@@H](O[C@H]2[C@H](O)[C@@H](O)[C@H](O[C@H]3CC[C@@]4(C)[C@@H](CC[C@]5(C)[C@@H]4C=CC46OCC7(CCC(C)(C)C[C@H]74)[C@@H](O)C[C@]65C)[C@]3(C)CO)O[C@@H]2CO[C@@H]2O[C@H](COC(=O)CC(=O)O)[C@@H](O)[C@H](O)[C@H]2O)[C@H](O)[C@H](O)[C@H]1O. The molecule has 8 fully saturated rings. The molecule has 9 aliphatic rings. The second-order valence-corrected chi connectivity index (χ2v) is 24.9. The first kappa shape index (κ1) is 54.8. The molecule has 11 N–H and O–H groups in total. The fourth-order valence-corrected chi connectivity index (χ4v) is 16.0. The van der Waals surface area contributed by atoms with Crippen molar-refractivity contribution in [3.8, 4) is 0 Å². The van der Waals surface area contributed by atoms with Crippen molar-refractivity contribution in [2.24, 2.45) is 50.2 Å². The number of carbonyl (C=O) groups is 2. The van der Waals surface area contributed by atoms with Crippen LogP contribution in [0.15, 0.2) is 12.2 Å². The Balaban J connectivity index is 0.958. The molecule has 21 heteroatoms. The Labute approximate surface area is 419 Å². The monoisotopic (exact) mass is 1030 g/mol. The number of aliphatic hydroxyl groups excluding tert-OH is 10. The minimum Gasteiger partial charge on any atom is -0.481 e. The summed E-state index contributed by atoms with van der Waals surface area (Å²) in [4.78, 5) is 23.0. The van der Waals surface area contributed by atoms with Crippen LogP contribution in [0.5, 0.6) is 0 Å². The summed E-state index contributed by atoms with van der Waals surface area (Å²) in [6.45, 7) is 13.9. The molecule has 0 aromatic rings. The van der Waals surface area contributed by atoms with Crippen LogP contribution in [0.3, 0.4) is 0 Å². The number of carboxylic acids is 1. The van der Waals surface area contributed by atoms with Crippen LogP contribution in [0.4, 0.5) is 0 Å². The van der Waals surface area contributed by atoms with E-state index in [9.17, 15) is 60.7 Å². The first-order valence-electron chi connectivity index (χ1n) is 26.0. The highest BCUT2D eigenvalue weighted by atomic mass is 16.8. The van der Waals surface area contributed by atoms with Crippen molar-refractivity contribution in [2.75, 3.05) is 26.4 Å². The summed E-state index contributed by atoms with van der Waals surface area (Å²) >= 11 is 0. The van der Waals surface area contributed by atoms with Gasteiger partial charge in [-0.1, -0.05) is 53.7 Å². The zero-order valence-corrected chi connectivity index (χ0v) is 42.4. The fourth-order valence-electron chi connectivity index (χ4n) is 16.0. The predicted octanol–water partition coefficient (Wildman–Crippen LogP) is -0.373. The number of hydrogen-bond acceptors (Lipinski definition) is 20. The summed E-state index contributed by atoms with van der Waals surface area (Å²) in [6.07, 6.45) is -16.5. The third-order valence-electron chi connectivity index (χ3n) is 20.5. The Morgan fingerprint density at radius 2 is 1.33 bits per heavy atom. The lowest BCUT2D eigenvalue weighted by Gasteiger charge is -2.73. The molecule has 0 amide bonds. The molecule has 5 aliphatic carbocycles. The highest BCUT2D eigenvalue weighted by Gasteiger charge is 2.79. The number of carboxylic acid groups (broad SMARTS) is 1. The van der Waals surface area contributed by atoms with E-state index in [-0.39, 0.29) is 46.0 Å². The molecule has 1 spiro atoms. The van der Waals surface area contributed by atoms with E-state index in [1.54, 1.807) is 0 Å². The minimum atomic E-state index is -1.91. The van der Waals surface area contributed by atoms with Crippen LogP contribution in [-0.2, 0) is 47.5 Å². The highest BCUT2D eigenvalue weighted by Crippen LogP contribution is 2.79. The zero-order valence-electron chi connectivity index (χ0n) is 42.4. The van der Waals surface area contributed by atoms with E-state index in [1.807, 2.05) is 6.92 Å². The van der Waals surface area contributed by atoms with Crippen molar-refractivity contribution in [1.29, 1.82) is 0 Å². The maximum Gasteiger partial charge on any atom is 0.317 e. The van der Waals surface area contributed by atoms with E-state index in [0.717, 1.165) is 25.7 Å². The van der Waals surface area contributed by atoms with Gasteiger partial charge in [-0.2, -0.15) is 0 Å². The molecule has 0 radical (unpaired) electrons. The van der Waals surface area contributed by atoms with Crippen LogP contribution in [0.25, 0.3) is 0 Å². The Morgan fingerprint density at radius 1 is 0.681 bits per heavy atom. The predicted molar refractivity (Wildman–Crippen MR) is 246 cm³/mol. The van der Waals surface area contributed by atoms with Gasteiger partial charge >= 0.3 is 11.9 Å². The van der Waals surface area contributed by atoms with Crippen LogP contribution in [0, 0.1) is 50.2 Å². The van der Waals surface area contributed by atoms with E-state index < -0.39 is 152 Å². The van der Waals surface area contributed by atoms with Gasteiger partial charge in [0.15, 0.2) is 18.9 Å². The van der Waals surface area contributed by atoms with Gasteiger partial charge in [0.2, 0.25) is 0 Å². The van der Waals surface area contributed by atoms with Gasteiger partial charge in [-0.3, -0.25) is 9.59 Å². The van der Waals surface area contributed by atoms with Gasteiger partial charge < -0.3 is 94.1 Å².